The highest BCUT2D eigenvalue weighted by atomic mass is 17.1. The van der Waals surface area contributed by atoms with Crippen LogP contribution in [0.3, 0.4) is 0 Å². The van der Waals surface area contributed by atoms with Gasteiger partial charge in [-0.25, -0.2) is 4.89 Å². The molecule has 0 saturated carbocycles. The molecule has 10 atom stereocenters. The Morgan fingerprint density at radius 1 is 0.548 bits per heavy atom. The predicted octanol–water partition coefficient (Wildman–Crippen LogP) is -1.48. The molecule has 0 aromatic rings. The van der Waals surface area contributed by atoms with Crippen molar-refractivity contribution in [1.29, 1.82) is 0 Å². The van der Waals surface area contributed by atoms with E-state index in [9.17, 15) is 39.1 Å². The summed E-state index contributed by atoms with van der Waals surface area (Å²) < 4.78 is 47.8. The Morgan fingerprint density at radius 2 is 0.952 bits per heavy atom. The van der Waals surface area contributed by atoms with Crippen LogP contribution < -0.4 is 0 Å². The first kappa shape index (κ1) is 34.8. The average Bonchev–Trinajstić information content (AvgIpc) is 2.85. The molecule has 0 unspecified atom stereocenters. The second-order valence-corrected chi connectivity index (χ2v) is 9.18. The molecule has 2 heterocycles. The van der Waals surface area contributed by atoms with E-state index in [1.54, 1.807) is 0 Å². The first-order valence-electron chi connectivity index (χ1n) is 12.5. The standard InChI is InChI=1S/C24H34O18/c1-9(25)33-7-16-18(36-11(3)27)20(38-13(5)29)22(42-32)24(41-16)34-8-15-17(35-10(2)26)19(37-12(4)28)21(23(31)40-15)39-14(6)30/h15-24,31-32H,7-8H2,1-6H3/t15-,16-,17-,18-,19+,20+,21-,22-,23-,24-/m1/s1. The fraction of sp³-hybridized carbons (Fsp3) is 0.750. The maximum atomic E-state index is 11.9. The molecule has 0 amide bonds. The van der Waals surface area contributed by atoms with Gasteiger partial charge in [-0.15, -0.1) is 0 Å². The van der Waals surface area contributed by atoms with Crippen molar-refractivity contribution in [3.63, 3.8) is 0 Å². The largest absolute Gasteiger partial charge is 0.463 e. The summed E-state index contributed by atoms with van der Waals surface area (Å²) in [5.74, 6) is -5.05. The summed E-state index contributed by atoms with van der Waals surface area (Å²) in [4.78, 5) is 74.9. The lowest BCUT2D eigenvalue weighted by molar-refractivity contribution is -0.392. The summed E-state index contributed by atoms with van der Waals surface area (Å²) in [7, 11) is 0. The van der Waals surface area contributed by atoms with Crippen molar-refractivity contribution in [1.82, 2.24) is 0 Å². The van der Waals surface area contributed by atoms with Crippen molar-refractivity contribution in [3.8, 4) is 0 Å². The number of ether oxygens (including phenoxy) is 9. The highest BCUT2D eigenvalue weighted by Crippen LogP contribution is 2.32. The van der Waals surface area contributed by atoms with Crippen LogP contribution in [-0.4, -0.2) is 121 Å². The smallest absolute Gasteiger partial charge is 0.303 e. The minimum Gasteiger partial charge on any atom is -0.463 e. The lowest BCUT2D eigenvalue weighted by Crippen LogP contribution is -2.64. The summed E-state index contributed by atoms with van der Waals surface area (Å²) in [6.07, 6.45) is -15.6. The Bertz CT molecular complexity index is 998. The van der Waals surface area contributed by atoms with Gasteiger partial charge in [-0.05, 0) is 0 Å². The SMILES string of the molecule is CC(=O)OC[C@H]1O[C@@H](OC[C@H]2O[C@@H](O)[C@H](OC(C)=O)[C@@H](OC(C)=O)[C@@H]2OC(C)=O)[C@H](OO)[C@@H](OC(C)=O)[C@@H]1OC(C)=O. The van der Waals surface area contributed by atoms with Crippen molar-refractivity contribution in [3.05, 3.63) is 0 Å². The lowest BCUT2D eigenvalue weighted by atomic mass is 9.97. The fourth-order valence-corrected chi connectivity index (χ4v) is 4.31. The summed E-state index contributed by atoms with van der Waals surface area (Å²) in [5.41, 5.74) is 0. The molecule has 2 aliphatic rings. The first-order chi connectivity index (χ1) is 19.6. The van der Waals surface area contributed by atoms with Crippen LogP contribution >= 0.6 is 0 Å². The van der Waals surface area contributed by atoms with Crippen LogP contribution in [0.15, 0.2) is 0 Å². The van der Waals surface area contributed by atoms with Crippen LogP contribution in [0.25, 0.3) is 0 Å². The summed E-state index contributed by atoms with van der Waals surface area (Å²) in [6, 6.07) is 0. The molecule has 2 saturated heterocycles. The van der Waals surface area contributed by atoms with Gasteiger partial charge in [0.2, 0.25) is 0 Å². The third-order valence-corrected chi connectivity index (χ3v) is 5.71. The highest BCUT2D eigenvalue weighted by molar-refractivity contribution is 5.69. The Morgan fingerprint density at radius 3 is 1.38 bits per heavy atom. The molecule has 0 bridgehead atoms. The molecular weight excluding hydrogens is 576 g/mol. The van der Waals surface area contributed by atoms with E-state index in [0.717, 1.165) is 41.5 Å². The van der Waals surface area contributed by atoms with E-state index >= 15 is 0 Å². The van der Waals surface area contributed by atoms with E-state index in [-0.39, 0.29) is 0 Å². The molecule has 18 heteroatoms. The van der Waals surface area contributed by atoms with Gasteiger partial charge >= 0.3 is 35.8 Å². The molecule has 0 aromatic carbocycles. The Labute approximate surface area is 239 Å². The van der Waals surface area contributed by atoms with Crippen molar-refractivity contribution in [2.45, 2.75) is 103 Å². The van der Waals surface area contributed by atoms with E-state index in [0.29, 0.717) is 0 Å². The Balaban J connectivity index is 2.39. The van der Waals surface area contributed by atoms with Gasteiger partial charge in [0.05, 0.1) is 6.61 Å². The molecule has 18 nitrogen and oxygen atoms in total. The number of aliphatic hydroxyl groups excluding tert-OH is 1. The third-order valence-electron chi connectivity index (χ3n) is 5.71. The number of hydrogen-bond acceptors (Lipinski definition) is 18. The fourth-order valence-electron chi connectivity index (χ4n) is 4.31. The highest BCUT2D eigenvalue weighted by Gasteiger charge is 2.54. The maximum absolute atomic E-state index is 11.9. The van der Waals surface area contributed by atoms with E-state index < -0.39 is 110 Å². The van der Waals surface area contributed by atoms with Crippen LogP contribution in [0.1, 0.15) is 41.5 Å². The second-order valence-electron chi connectivity index (χ2n) is 9.18. The monoisotopic (exact) mass is 610 g/mol. The van der Waals surface area contributed by atoms with Gasteiger partial charge in [-0.2, -0.15) is 0 Å². The molecule has 2 aliphatic heterocycles. The van der Waals surface area contributed by atoms with Gasteiger partial charge in [0.1, 0.15) is 18.8 Å². The summed E-state index contributed by atoms with van der Waals surface area (Å²) in [6.45, 7) is 5.11. The molecule has 0 aromatic heterocycles. The minimum atomic E-state index is -1.89. The number of aliphatic hydroxyl groups is 1. The minimum absolute atomic E-state index is 0.518. The summed E-state index contributed by atoms with van der Waals surface area (Å²) in [5, 5.41) is 20.2. The van der Waals surface area contributed by atoms with E-state index in [1.165, 1.54) is 0 Å². The lowest BCUT2D eigenvalue weighted by Gasteiger charge is -2.45. The van der Waals surface area contributed by atoms with Gasteiger partial charge < -0.3 is 47.7 Å². The number of carbonyl (C=O) groups is 6. The molecule has 2 rings (SSSR count). The Hall–Kier alpha value is -3.42. The number of hydrogen-bond donors (Lipinski definition) is 2. The maximum Gasteiger partial charge on any atom is 0.303 e. The molecule has 0 radical (unpaired) electrons. The zero-order chi connectivity index (χ0) is 31.7. The quantitative estimate of drug-likeness (QED) is 0.117. The van der Waals surface area contributed by atoms with Crippen LogP contribution in [0.5, 0.6) is 0 Å². The first-order valence-corrected chi connectivity index (χ1v) is 12.5. The van der Waals surface area contributed by atoms with E-state index in [1.807, 2.05) is 0 Å². The predicted molar refractivity (Wildman–Crippen MR) is 127 cm³/mol. The van der Waals surface area contributed by atoms with Gasteiger partial charge in [-0.1, -0.05) is 0 Å². The molecular formula is C24H34O18. The summed E-state index contributed by atoms with van der Waals surface area (Å²) >= 11 is 0. The van der Waals surface area contributed by atoms with Gasteiger partial charge in [0.25, 0.3) is 0 Å². The number of rotatable bonds is 11. The van der Waals surface area contributed by atoms with E-state index in [4.69, 9.17) is 42.6 Å². The second kappa shape index (κ2) is 15.7. The van der Waals surface area contributed by atoms with Crippen molar-refractivity contribution in [2.75, 3.05) is 13.2 Å². The van der Waals surface area contributed by atoms with E-state index in [2.05, 4.69) is 4.89 Å². The molecule has 238 valence electrons. The normalized spacial score (nSPS) is 32.6. The van der Waals surface area contributed by atoms with Crippen molar-refractivity contribution >= 4 is 35.8 Å². The van der Waals surface area contributed by atoms with Crippen LogP contribution in [0.2, 0.25) is 0 Å². The van der Waals surface area contributed by atoms with Crippen molar-refractivity contribution < 1.29 is 86.7 Å². The zero-order valence-electron chi connectivity index (χ0n) is 23.6. The van der Waals surface area contributed by atoms with Gasteiger partial charge in [-0.3, -0.25) is 34.0 Å². The molecule has 2 N–H and O–H groups in total. The number of carbonyl (C=O) groups excluding carboxylic acids is 6. The van der Waals surface area contributed by atoms with Crippen LogP contribution in [0.4, 0.5) is 0 Å². The van der Waals surface area contributed by atoms with Crippen LogP contribution in [0, 0.1) is 0 Å². The third kappa shape index (κ3) is 9.85. The Kier molecular flexibility index (Phi) is 13.0. The van der Waals surface area contributed by atoms with Gasteiger partial charge in [0.15, 0.2) is 49.2 Å². The van der Waals surface area contributed by atoms with Crippen molar-refractivity contribution in [2.24, 2.45) is 0 Å². The molecule has 42 heavy (non-hydrogen) atoms. The zero-order valence-corrected chi connectivity index (χ0v) is 23.6. The van der Waals surface area contributed by atoms with Gasteiger partial charge in [0, 0.05) is 41.5 Å². The molecule has 0 aliphatic carbocycles. The molecule has 2 fully saturated rings. The average molecular weight is 611 g/mol. The number of esters is 6. The van der Waals surface area contributed by atoms with Crippen LogP contribution in [-0.2, 0) is 76.3 Å². The molecule has 0 spiro atoms. The topological polar surface area (TPSA) is 235 Å².